The fraction of sp³-hybridized carbons (Fsp3) is 0.500. The molecule has 0 heterocycles. The highest BCUT2D eigenvalue weighted by Gasteiger charge is 1.84. The summed E-state index contributed by atoms with van der Waals surface area (Å²) < 4.78 is 0. The molecule has 0 radical (unpaired) electrons. The average Bonchev–Trinajstić information content (AvgIpc) is 2.63. The highest BCUT2D eigenvalue weighted by Crippen LogP contribution is 2.01. The molecule has 0 fully saturated rings. The largest absolute Gasteiger partial charge is 0.396 e. The molecule has 0 aliphatic heterocycles. The van der Waals surface area contributed by atoms with Crippen molar-refractivity contribution in [1.82, 2.24) is 0 Å². The van der Waals surface area contributed by atoms with E-state index in [1.54, 1.807) is 0 Å². The molecule has 0 saturated heterocycles. The SMILES string of the molecule is CC/C=C\C/C=C\C/C=C\C/C=C\C/C=C\C/C=C\CCCCCO. The summed E-state index contributed by atoms with van der Waals surface area (Å²) in [7, 11) is 0. The molecule has 0 aromatic heterocycles. The Morgan fingerprint density at radius 3 is 1.28 bits per heavy atom. The third-order valence-corrected chi connectivity index (χ3v) is 3.63. The topological polar surface area (TPSA) is 20.2 Å². The van der Waals surface area contributed by atoms with Gasteiger partial charge in [-0.2, -0.15) is 0 Å². The Hall–Kier alpha value is -1.60. The van der Waals surface area contributed by atoms with Crippen LogP contribution in [0.5, 0.6) is 0 Å². The number of hydrogen-bond acceptors (Lipinski definition) is 1. The zero-order valence-corrected chi connectivity index (χ0v) is 16.2. The average molecular weight is 343 g/mol. The Kier molecular flexibility index (Phi) is 21.0. The van der Waals surface area contributed by atoms with Crippen LogP contribution in [0.25, 0.3) is 0 Å². The van der Waals surface area contributed by atoms with E-state index in [-0.39, 0.29) is 0 Å². The van der Waals surface area contributed by atoms with Crippen molar-refractivity contribution >= 4 is 0 Å². The first kappa shape index (κ1) is 23.4. The lowest BCUT2D eigenvalue weighted by molar-refractivity contribution is 0.283. The predicted octanol–water partition coefficient (Wildman–Crippen LogP) is 7.24. The lowest BCUT2D eigenvalue weighted by Gasteiger charge is -1.93. The molecule has 1 N–H and O–H groups in total. The molecule has 1 nitrogen and oxygen atoms in total. The number of unbranched alkanes of at least 4 members (excludes halogenated alkanes) is 3. The number of rotatable bonds is 16. The molecule has 0 atom stereocenters. The van der Waals surface area contributed by atoms with Crippen LogP contribution in [0.4, 0.5) is 0 Å². The van der Waals surface area contributed by atoms with Crippen LogP contribution in [0.2, 0.25) is 0 Å². The third-order valence-electron chi connectivity index (χ3n) is 3.63. The van der Waals surface area contributed by atoms with Gasteiger partial charge in [-0.3, -0.25) is 0 Å². The summed E-state index contributed by atoms with van der Waals surface area (Å²) in [5, 5.41) is 8.68. The summed E-state index contributed by atoms with van der Waals surface area (Å²) >= 11 is 0. The second-order valence-electron chi connectivity index (χ2n) is 5.99. The first-order valence-electron chi connectivity index (χ1n) is 9.92. The minimum atomic E-state index is 0.323. The molecule has 140 valence electrons. The number of aliphatic hydroxyl groups excluding tert-OH is 1. The quantitative estimate of drug-likeness (QED) is 0.231. The Labute approximate surface area is 156 Å². The van der Waals surface area contributed by atoms with Gasteiger partial charge >= 0.3 is 0 Å². The summed E-state index contributed by atoms with van der Waals surface area (Å²) in [6.07, 6.45) is 37.3. The molecule has 0 spiro atoms. The zero-order valence-electron chi connectivity index (χ0n) is 16.2. The number of hydrogen-bond donors (Lipinski definition) is 1. The van der Waals surface area contributed by atoms with E-state index in [9.17, 15) is 0 Å². The standard InChI is InChI=1S/C24H38O/c1-2-3-4-5-6-7-8-9-10-11-12-13-14-15-16-17-18-19-20-21-22-23-24-25/h3-4,6-7,9-10,12-13,15-16,18-19,25H,2,5,8,11,14,17,20-24H2,1H3/b4-3-,7-6-,10-9-,13-12-,16-15-,19-18-. The maximum Gasteiger partial charge on any atom is 0.0431 e. The van der Waals surface area contributed by atoms with Crippen molar-refractivity contribution in [2.45, 2.75) is 71.1 Å². The van der Waals surface area contributed by atoms with E-state index in [0.29, 0.717) is 6.61 Å². The van der Waals surface area contributed by atoms with Gasteiger partial charge in [-0.1, -0.05) is 86.3 Å². The van der Waals surface area contributed by atoms with Gasteiger partial charge in [0.2, 0.25) is 0 Å². The van der Waals surface area contributed by atoms with E-state index in [2.05, 4.69) is 79.8 Å². The lowest BCUT2D eigenvalue weighted by atomic mass is 10.2. The maximum atomic E-state index is 8.68. The van der Waals surface area contributed by atoms with Crippen LogP contribution in [0.1, 0.15) is 71.1 Å². The first-order valence-corrected chi connectivity index (χ1v) is 9.92. The Morgan fingerprint density at radius 2 is 0.880 bits per heavy atom. The van der Waals surface area contributed by atoms with Crippen molar-refractivity contribution in [2.75, 3.05) is 6.61 Å². The summed E-state index contributed by atoms with van der Waals surface area (Å²) in [5.74, 6) is 0. The molecule has 0 rings (SSSR count). The van der Waals surface area contributed by atoms with E-state index in [0.717, 1.165) is 57.8 Å². The van der Waals surface area contributed by atoms with Gasteiger partial charge < -0.3 is 5.11 Å². The van der Waals surface area contributed by atoms with E-state index >= 15 is 0 Å². The summed E-state index contributed by atoms with van der Waals surface area (Å²) in [5.41, 5.74) is 0. The van der Waals surface area contributed by atoms with Crippen molar-refractivity contribution in [2.24, 2.45) is 0 Å². The maximum absolute atomic E-state index is 8.68. The van der Waals surface area contributed by atoms with E-state index in [4.69, 9.17) is 5.11 Å². The molecule has 0 aromatic carbocycles. The Morgan fingerprint density at radius 1 is 0.480 bits per heavy atom. The molecular formula is C24H38O. The van der Waals surface area contributed by atoms with Gasteiger partial charge in [0.05, 0.1) is 0 Å². The van der Waals surface area contributed by atoms with Gasteiger partial charge in [-0.15, -0.1) is 0 Å². The molecule has 1 heteroatoms. The molecular weight excluding hydrogens is 304 g/mol. The van der Waals surface area contributed by atoms with E-state index < -0.39 is 0 Å². The monoisotopic (exact) mass is 342 g/mol. The van der Waals surface area contributed by atoms with Gasteiger partial charge in [0, 0.05) is 6.61 Å². The molecule has 0 aromatic rings. The predicted molar refractivity (Wildman–Crippen MR) is 114 cm³/mol. The fourth-order valence-corrected chi connectivity index (χ4v) is 2.19. The minimum absolute atomic E-state index is 0.323. The highest BCUT2D eigenvalue weighted by atomic mass is 16.2. The van der Waals surface area contributed by atoms with E-state index in [1.807, 2.05) is 0 Å². The summed E-state index contributed by atoms with van der Waals surface area (Å²) in [6.45, 7) is 2.48. The van der Waals surface area contributed by atoms with Gasteiger partial charge in [0.25, 0.3) is 0 Å². The van der Waals surface area contributed by atoms with Crippen LogP contribution >= 0.6 is 0 Å². The van der Waals surface area contributed by atoms with E-state index in [1.165, 1.54) is 6.42 Å². The molecule has 0 bridgehead atoms. The number of aliphatic hydroxyl groups is 1. The molecule has 0 amide bonds. The van der Waals surface area contributed by atoms with Crippen LogP contribution in [-0.4, -0.2) is 11.7 Å². The van der Waals surface area contributed by atoms with Crippen molar-refractivity contribution in [3.05, 3.63) is 72.9 Å². The lowest BCUT2D eigenvalue weighted by Crippen LogP contribution is -1.81. The van der Waals surface area contributed by atoms with Crippen LogP contribution in [0.15, 0.2) is 72.9 Å². The second-order valence-corrected chi connectivity index (χ2v) is 5.99. The van der Waals surface area contributed by atoms with Gasteiger partial charge in [0.1, 0.15) is 0 Å². The highest BCUT2D eigenvalue weighted by molar-refractivity contribution is 5.01. The van der Waals surface area contributed by atoms with Crippen molar-refractivity contribution in [1.29, 1.82) is 0 Å². The van der Waals surface area contributed by atoms with Crippen molar-refractivity contribution in [3.63, 3.8) is 0 Å². The molecule has 25 heavy (non-hydrogen) atoms. The zero-order chi connectivity index (χ0) is 18.3. The molecule has 0 aliphatic rings. The Balaban J connectivity index is 3.45. The third kappa shape index (κ3) is 22.4. The molecule has 0 saturated carbocycles. The molecule has 0 aliphatic carbocycles. The fourth-order valence-electron chi connectivity index (χ4n) is 2.19. The van der Waals surface area contributed by atoms with Crippen LogP contribution < -0.4 is 0 Å². The number of allylic oxidation sites excluding steroid dienone is 12. The summed E-state index contributed by atoms with van der Waals surface area (Å²) in [4.78, 5) is 0. The minimum Gasteiger partial charge on any atom is -0.396 e. The van der Waals surface area contributed by atoms with Gasteiger partial charge in [-0.05, 0) is 57.8 Å². The van der Waals surface area contributed by atoms with Crippen molar-refractivity contribution in [3.8, 4) is 0 Å². The normalized spacial score (nSPS) is 13.2. The van der Waals surface area contributed by atoms with Gasteiger partial charge in [-0.25, -0.2) is 0 Å². The molecule has 0 unspecified atom stereocenters. The Bertz CT molecular complexity index is 421. The second kappa shape index (κ2) is 22.4. The van der Waals surface area contributed by atoms with Gasteiger partial charge in [0.15, 0.2) is 0 Å². The van der Waals surface area contributed by atoms with Crippen LogP contribution in [0.3, 0.4) is 0 Å². The smallest absolute Gasteiger partial charge is 0.0431 e. The van der Waals surface area contributed by atoms with Crippen LogP contribution in [0, 0.1) is 0 Å². The summed E-state index contributed by atoms with van der Waals surface area (Å²) in [6, 6.07) is 0. The van der Waals surface area contributed by atoms with Crippen molar-refractivity contribution < 1.29 is 5.11 Å². The first-order chi connectivity index (χ1) is 12.4. The van der Waals surface area contributed by atoms with Crippen LogP contribution in [-0.2, 0) is 0 Å².